The number of ether oxygens (including phenoxy) is 3. The van der Waals surface area contributed by atoms with Crippen molar-refractivity contribution >= 4 is 0 Å². The summed E-state index contributed by atoms with van der Waals surface area (Å²) < 4.78 is 74.2. The van der Waals surface area contributed by atoms with E-state index in [0.717, 1.165) is 25.7 Å². The zero-order chi connectivity index (χ0) is 24.9. The summed E-state index contributed by atoms with van der Waals surface area (Å²) in [4.78, 5) is 0. The highest BCUT2D eigenvalue weighted by Crippen LogP contribution is 2.36. The lowest BCUT2D eigenvalue weighted by Gasteiger charge is -2.28. The number of benzene rings is 3. The second-order valence-corrected chi connectivity index (χ2v) is 8.64. The van der Waals surface area contributed by atoms with Gasteiger partial charge in [0.05, 0.1) is 12.7 Å². The Morgan fingerprint density at radius 3 is 2.11 bits per heavy atom. The maximum absolute atomic E-state index is 14.8. The van der Waals surface area contributed by atoms with Crippen molar-refractivity contribution in [2.24, 2.45) is 0 Å². The first-order valence-corrected chi connectivity index (χ1v) is 11.8. The quantitative estimate of drug-likeness (QED) is 0.306. The number of hydrogen-bond acceptors (Lipinski definition) is 3. The summed E-state index contributed by atoms with van der Waals surface area (Å²) >= 11 is 0. The summed E-state index contributed by atoms with van der Waals surface area (Å²) in [6.07, 6.45) is 3.36. The molecular weight excluding hydrogens is 460 g/mol. The molecule has 0 radical (unpaired) electrons. The summed E-state index contributed by atoms with van der Waals surface area (Å²) in [6.45, 7) is 1.75. The molecule has 0 saturated heterocycles. The Hall–Kier alpha value is -3.06. The molecule has 0 amide bonds. The number of hydrogen-bond donors (Lipinski definition) is 0. The fourth-order valence-corrected chi connectivity index (χ4v) is 4.55. The molecule has 1 fully saturated rings. The first-order valence-electron chi connectivity index (χ1n) is 11.8. The van der Waals surface area contributed by atoms with Crippen molar-refractivity contribution in [1.29, 1.82) is 0 Å². The van der Waals surface area contributed by atoms with Crippen molar-refractivity contribution in [3.63, 3.8) is 0 Å². The van der Waals surface area contributed by atoms with Crippen LogP contribution in [0, 0.1) is 23.3 Å². The fraction of sp³-hybridized carbons (Fsp3) is 0.357. The Bertz CT molecular complexity index is 1160. The zero-order valence-corrected chi connectivity index (χ0v) is 19.8. The topological polar surface area (TPSA) is 27.7 Å². The monoisotopic (exact) mass is 488 g/mol. The minimum Gasteiger partial charge on any atom is -0.491 e. The molecule has 1 saturated carbocycles. The van der Waals surface area contributed by atoms with E-state index >= 15 is 0 Å². The van der Waals surface area contributed by atoms with Crippen LogP contribution in [0.4, 0.5) is 17.6 Å². The van der Waals surface area contributed by atoms with Crippen LogP contribution in [0.5, 0.6) is 11.5 Å². The van der Waals surface area contributed by atoms with E-state index in [0.29, 0.717) is 16.9 Å². The third kappa shape index (κ3) is 5.45. The Morgan fingerprint density at radius 2 is 1.46 bits per heavy atom. The molecule has 3 nitrogen and oxygen atoms in total. The zero-order valence-electron chi connectivity index (χ0n) is 19.8. The van der Waals surface area contributed by atoms with Gasteiger partial charge in [-0.25, -0.2) is 13.2 Å². The molecule has 7 heteroatoms. The van der Waals surface area contributed by atoms with Gasteiger partial charge < -0.3 is 14.2 Å². The van der Waals surface area contributed by atoms with Gasteiger partial charge in [-0.2, -0.15) is 4.39 Å². The van der Waals surface area contributed by atoms with Gasteiger partial charge in [0.25, 0.3) is 0 Å². The van der Waals surface area contributed by atoms with E-state index in [1.165, 1.54) is 12.1 Å². The number of rotatable bonds is 8. The lowest BCUT2D eigenvalue weighted by atomic mass is 9.82. The third-order valence-corrected chi connectivity index (χ3v) is 6.55. The van der Waals surface area contributed by atoms with Crippen molar-refractivity contribution in [3.8, 4) is 22.6 Å². The van der Waals surface area contributed by atoms with E-state index in [1.807, 2.05) is 0 Å². The van der Waals surface area contributed by atoms with Crippen molar-refractivity contribution < 1.29 is 31.8 Å². The fourth-order valence-electron chi connectivity index (χ4n) is 4.55. The molecule has 3 aromatic carbocycles. The Labute approximate surface area is 202 Å². The van der Waals surface area contributed by atoms with E-state index < -0.39 is 23.3 Å². The minimum absolute atomic E-state index is 0.0220. The first-order chi connectivity index (χ1) is 16.9. The second-order valence-electron chi connectivity index (χ2n) is 8.64. The predicted octanol–water partition coefficient (Wildman–Crippen LogP) is 7.56. The SMILES string of the molecule is CCOc1ccc(-c2ccc(OCc3ccc(C4CCC(OC)CC4)c(F)c3F)cc2)c(F)c1F. The molecule has 1 aliphatic carbocycles. The van der Waals surface area contributed by atoms with E-state index in [1.54, 1.807) is 50.4 Å². The molecule has 1 aliphatic rings. The molecule has 0 N–H and O–H groups in total. The maximum atomic E-state index is 14.8. The van der Waals surface area contributed by atoms with Crippen LogP contribution >= 0.6 is 0 Å². The van der Waals surface area contributed by atoms with Gasteiger partial charge in [0.15, 0.2) is 23.2 Å². The third-order valence-electron chi connectivity index (χ3n) is 6.55. The van der Waals surface area contributed by atoms with Gasteiger partial charge in [0.2, 0.25) is 5.82 Å². The summed E-state index contributed by atoms with van der Waals surface area (Å²) in [6, 6.07) is 12.3. The Balaban J connectivity index is 1.42. The maximum Gasteiger partial charge on any atom is 0.201 e. The van der Waals surface area contributed by atoms with Gasteiger partial charge in [-0.1, -0.05) is 24.3 Å². The summed E-state index contributed by atoms with van der Waals surface area (Å²) in [5, 5.41) is 0. The van der Waals surface area contributed by atoms with Crippen molar-refractivity contribution in [1.82, 2.24) is 0 Å². The predicted molar refractivity (Wildman–Crippen MR) is 126 cm³/mol. The lowest BCUT2D eigenvalue weighted by Crippen LogP contribution is -2.20. The van der Waals surface area contributed by atoms with Gasteiger partial charge in [-0.15, -0.1) is 0 Å². The summed E-state index contributed by atoms with van der Waals surface area (Å²) in [5.41, 5.74) is 1.04. The van der Waals surface area contributed by atoms with E-state index in [9.17, 15) is 17.6 Å². The molecule has 0 atom stereocenters. The van der Waals surface area contributed by atoms with Crippen LogP contribution in [0.2, 0.25) is 0 Å². The molecule has 0 unspecified atom stereocenters. The van der Waals surface area contributed by atoms with E-state index in [2.05, 4.69) is 0 Å². The van der Waals surface area contributed by atoms with Crippen molar-refractivity contribution in [3.05, 3.63) is 82.9 Å². The molecule has 3 aromatic rings. The summed E-state index contributed by atoms with van der Waals surface area (Å²) in [5.74, 6) is -3.55. The molecule has 4 rings (SSSR count). The van der Waals surface area contributed by atoms with Crippen LogP contribution in [0.3, 0.4) is 0 Å². The van der Waals surface area contributed by atoms with Gasteiger partial charge in [-0.3, -0.25) is 0 Å². The largest absolute Gasteiger partial charge is 0.491 e. The Kier molecular flexibility index (Phi) is 7.96. The standard InChI is InChI=1S/C28H28F4O3/c1-3-34-24-15-14-23(27(31)28(24)32)18-6-11-21(12-7-18)35-16-19-8-13-22(26(30)25(19)29)17-4-9-20(33-2)10-5-17/h6-8,11-15,17,20H,3-5,9-10,16H2,1-2H3. The highest BCUT2D eigenvalue weighted by atomic mass is 19.2. The molecule has 0 aliphatic heterocycles. The Morgan fingerprint density at radius 1 is 0.743 bits per heavy atom. The molecule has 0 aromatic heterocycles. The summed E-state index contributed by atoms with van der Waals surface area (Å²) in [7, 11) is 1.67. The van der Waals surface area contributed by atoms with Crippen LogP contribution in [0.15, 0.2) is 48.5 Å². The molecule has 0 bridgehead atoms. The van der Waals surface area contributed by atoms with Crippen LogP contribution in [0.25, 0.3) is 11.1 Å². The van der Waals surface area contributed by atoms with Gasteiger partial charge >= 0.3 is 0 Å². The van der Waals surface area contributed by atoms with Gasteiger partial charge in [0.1, 0.15) is 12.4 Å². The van der Waals surface area contributed by atoms with E-state index in [4.69, 9.17) is 14.2 Å². The van der Waals surface area contributed by atoms with E-state index in [-0.39, 0.29) is 42.1 Å². The molecule has 0 heterocycles. The van der Waals surface area contributed by atoms with Crippen LogP contribution in [-0.4, -0.2) is 19.8 Å². The van der Waals surface area contributed by atoms with Gasteiger partial charge in [0, 0.05) is 18.2 Å². The van der Waals surface area contributed by atoms with Crippen molar-refractivity contribution in [2.45, 2.75) is 51.2 Å². The average Bonchev–Trinajstić information content (AvgIpc) is 2.88. The van der Waals surface area contributed by atoms with Gasteiger partial charge in [-0.05, 0) is 73.9 Å². The highest BCUT2D eigenvalue weighted by Gasteiger charge is 2.26. The average molecular weight is 489 g/mol. The highest BCUT2D eigenvalue weighted by molar-refractivity contribution is 5.66. The van der Waals surface area contributed by atoms with Crippen LogP contribution < -0.4 is 9.47 Å². The molecular formula is C28H28F4O3. The molecule has 186 valence electrons. The lowest BCUT2D eigenvalue weighted by molar-refractivity contribution is 0.0655. The first kappa shape index (κ1) is 25.0. The normalized spacial score (nSPS) is 17.9. The number of methoxy groups -OCH3 is 1. The second kappa shape index (κ2) is 11.1. The van der Waals surface area contributed by atoms with Crippen LogP contribution in [-0.2, 0) is 11.3 Å². The molecule has 35 heavy (non-hydrogen) atoms. The van der Waals surface area contributed by atoms with Crippen LogP contribution in [0.1, 0.15) is 49.7 Å². The smallest absolute Gasteiger partial charge is 0.201 e. The number of halogens is 4. The van der Waals surface area contributed by atoms with Crippen molar-refractivity contribution in [2.75, 3.05) is 13.7 Å². The minimum atomic E-state index is -1.04. The molecule has 0 spiro atoms.